The van der Waals surface area contributed by atoms with Crippen LogP contribution in [0.5, 0.6) is 0 Å². The molecule has 0 aliphatic carbocycles. The molecule has 2 rings (SSSR count). The number of nitrogens with zero attached hydrogens (tertiary/aromatic N) is 3. The van der Waals surface area contributed by atoms with Crippen molar-refractivity contribution >= 4 is 44.0 Å². The van der Waals surface area contributed by atoms with Crippen LogP contribution < -0.4 is 5.32 Å². The summed E-state index contributed by atoms with van der Waals surface area (Å²) in [5.41, 5.74) is 0.0222. The van der Waals surface area contributed by atoms with Crippen molar-refractivity contribution in [1.82, 2.24) is 10.2 Å². The van der Waals surface area contributed by atoms with Gasteiger partial charge in [0.05, 0.1) is 9.40 Å². The highest BCUT2D eigenvalue weighted by atomic mass is 79.9. The van der Waals surface area contributed by atoms with E-state index in [1.54, 1.807) is 0 Å². The SMILES string of the molecule is CC(C)c1nnc(NC(=O)c2ccc(Br)c([N+](=O)[O-])c2)s1. The highest BCUT2D eigenvalue weighted by Gasteiger charge is 2.17. The van der Waals surface area contributed by atoms with Gasteiger partial charge in [-0.1, -0.05) is 25.2 Å². The molecule has 1 amide bonds. The van der Waals surface area contributed by atoms with Crippen LogP contribution in [-0.2, 0) is 0 Å². The molecule has 1 aromatic carbocycles. The van der Waals surface area contributed by atoms with E-state index in [1.807, 2.05) is 13.8 Å². The van der Waals surface area contributed by atoms with Gasteiger partial charge in [0, 0.05) is 17.5 Å². The summed E-state index contributed by atoms with van der Waals surface area (Å²) in [6, 6.07) is 4.17. The molecule has 0 aliphatic rings. The second kappa shape index (κ2) is 6.27. The molecule has 1 heterocycles. The van der Waals surface area contributed by atoms with Gasteiger partial charge in [0.15, 0.2) is 0 Å². The first kappa shape index (κ1) is 15.5. The van der Waals surface area contributed by atoms with Crippen LogP contribution in [0, 0.1) is 10.1 Å². The van der Waals surface area contributed by atoms with Crippen LogP contribution in [0.2, 0.25) is 0 Å². The molecule has 0 saturated heterocycles. The standard InChI is InChI=1S/C12H11BrN4O3S/c1-6(2)11-15-16-12(21-11)14-10(18)7-3-4-8(13)9(5-7)17(19)20/h3-6H,1-2H3,(H,14,16,18). The predicted molar refractivity (Wildman–Crippen MR) is 82.7 cm³/mol. The number of nitro benzene ring substituents is 1. The van der Waals surface area contributed by atoms with Gasteiger partial charge in [-0.2, -0.15) is 0 Å². The third-order valence-electron chi connectivity index (χ3n) is 2.56. The van der Waals surface area contributed by atoms with Crippen LogP contribution >= 0.6 is 27.3 Å². The number of hydrogen-bond donors (Lipinski definition) is 1. The second-order valence-corrected chi connectivity index (χ2v) is 6.34. The number of nitrogens with one attached hydrogen (secondary N) is 1. The Hall–Kier alpha value is -1.87. The quantitative estimate of drug-likeness (QED) is 0.654. The molecular weight excluding hydrogens is 360 g/mol. The number of aromatic nitrogens is 2. The van der Waals surface area contributed by atoms with Gasteiger partial charge >= 0.3 is 0 Å². The monoisotopic (exact) mass is 370 g/mol. The van der Waals surface area contributed by atoms with Gasteiger partial charge in [-0.05, 0) is 28.1 Å². The lowest BCUT2D eigenvalue weighted by Crippen LogP contribution is -2.12. The van der Waals surface area contributed by atoms with E-state index < -0.39 is 10.8 Å². The van der Waals surface area contributed by atoms with Gasteiger partial charge in [0.1, 0.15) is 5.01 Å². The van der Waals surface area contributed by atoms with E-state index in [0.717, 1.165) is 5.01 Å². The number of rotatable bonds is 4. The zero-order valence-electron chi connectivity index (χ0n) is 11.2. The summed E-state index contributed by atoms with van der Waals surface area (Å²) in [6.45, 7) is 3.95. The number of halogens is 1. The molecule has 110 valence electrons. The molecule has 1 aromatic heterocycles. The van der Waals surface area contributed by atoms with Crippen molar-refractivity contribution in [2.45, 2.75) is 19.8 Å². The third-order valence-corrected chi connectivity index (χ3v) is 4.37. The van der Waals surface area contributed by atoms with Crippen molar-refractivity contribution in [2.24, 2.45) is 0 Å². The Morgan fingerprint density at radius 1 is 1.43 bits per heavy atom. The van der Waals surface area contributed by atoms with Crippen LogP contribution in [0.15, 0.2) is 22.7 Å². The number of benzene rings is 1. The van der Waals surface area contributed by atoms with Gasteiger partial charge < -0.3 is 0 Å². The lowest BCUT2D eigenvalue weighted by atomic mass is 10.2. The highest BCUT2D eigenvalue weighted by Crippen LogP contribution is 2.27. The van der Waals surface area contributed by atoms with Gasteiger partial charge in [0.25, 0.3) is 11.6 Å². The van der Waals surface area contributed by atoms with Crippen LogP contribution in [0.3, 0.4) is 0 Å². The summed E-state index contributed by atoms with van der Waals surface area (Å²) in [5, 5.41) is 22.5. The zero-order valence-corrected chi connectivity index (χ0v) is 13.6. The lowest BCUT2D eigenvalue weighted by Gasteiger charge is -2.02. The number of amides is 1. The van der Waals surface area contributed by atoms with Crippen molar-refractivity contribution < 1.29 is 9.72 Å². The minimum absolute atomic E-state index is 0.164. The van der Waals surface area contributed by atoms with E-state index in [1.165, 1.54) is 29.5 Å². The Kier molecular flexibility index (Phi) is 4.63. The van der Waals surface area contributed by atoms with Gasteiger partial charge in [0.2, 0.25) is 5.13 Å². The average Bonchev–Trinajstić information content (AvgIpc) is 2.87. The molecule has 2 aromatic rings. The number of nitro groups is 1. The van der Waals surface area contributed by atoms with Crippen molar-refractivity contribution in [3.63, 3.8) is 0 Å². The lowest BCUT2D eigenvalue weighted by molar-refractivity contribution is -0.385. The number of anilines is 1. The fourth-order valence-corrected chi connectivity index (χ4v) is 2.61. The van der Waals surface area contributed by atoms with E-state index in [4.69, 9.17) is 0 Å². The normalized spacial score (nSPS) is 10.7. The van der Waals surface area contributed by atoms with E-state index in [2.05, 4.69) is 31.4 Å². The molecule has 0 saturated carbocycles. The molecule has 0 radical (unpaired) electrons. The first-order chi connectivity index (χ1) is 9.88. The molecule has 1 N–H and O–H groups in total. The molecule has 0 aliphatic heterocycles. The number of carbonyl (C=O) groups is 1. The largest absolute Gasteiger partial charge is 0.296 e. The topological polar surface area (TPSA) is 98.0 Å². The number of hydrogen-bond acceptors (Lipinski definition) is 6. The van der Waals surface area contributed by atoms with E-state index in [0.29, 0.717) is 9.60 Å². The molecule has 0 atom stereocenters. The Morgan fingerprint density at radius 3 is 2.71 bits per heavy atom. The zero-order chi connectivity index (χ0) is 15.6. The molecule has 21 heavy (non-hydrogen) atoms. The van der Waals surface area contributed by atoms with Crippen molar-refractivity contribution in [3.05, 3.63) is 43.4 Å². The molecule has 0 fully saturated rings. The predicted octanol–water partition coefficient (Wildman–Crippen LogP) is 3.58. The summed E-state index contributed by atoms with van der Waals surface area (Å²) in [4.78, 5) is 22.4. The van der Waals surface area contributed by atoms with Gasteiger partial charge in [-0.25, -0.2) is 0 Å². The third kappa shape index (κ3) is 3.61. The molecule has 0 bridgehead atoms. The van der Waals surface area contributed by atoms with Crippen molar-refractivity contribution in [1.29, 1.82) is 0 Å². The van der Waals surface area contributed by atoms with Gasteiger partial charge in [-0.3, -0.25) is 20.2 Å². The molecular formula is C12H11BrN4O3S. The summed E-state index contributed by atoms with van der Waals surface area (Å²) >= 11 is 4.35. The summed E-state index contributed by atoms with van der Waals surface area (Å²) in [5.74, 6) is -0.237. The minimum atomic E-state index is -0.553. The van der Waals surface area contributed by atoms with E-state index >= 15 is 0 Å². The maximum atomic E-state index is 12.1. The summed E-state index contributed by atoms with van der Waals surface area (Å²) < 4.78 is 0.321. The molecule has 9 heteroatoms. The van der Waals surface area contributed by atoms with Gasteiger partial charge in [-0.15, -0.1) is 10.2 Å². The highest BCUT2D eigenvalue weighted by molar-refractivity contribution is 9.10. The Bertz CT molecular complexity index is 702. The summed E-state index contributed by atoms with van der Waals surface area (Å²) in [7, 11) is 0. The fourth-order valence-electron chi connectivity index (χ4n) is 1.48. The molecule has 0 unspecified atom stereocenters. The Labute approximate surface area is 132 Å². The Morgan fingerprint density at radius 2 is 2.14 bits per heavy atom. The van der Waals surface area contributed by atoms with Crippen molar-refractivity contribution in [3.8, 4) is 0 Å². The van der Waals surface area contributed by atoms with Crippen LogP contribution in [-0.4, -0.2) is 21.0 Å². The van der Waals surface area contributed by atoms with Crippen LogP contribution in [0.1, 0.15) is 35.1 Å². The molecule has 0 spiro atoms. The maximum Gasteiger partial charge on any atom is 0.284 e. The smallest absolute Gasteiger partial charge is 0.284 e. The number of carbonyl (C=O) groups excluding carboxylic acids is 1. The molecule has 7 nitrogen and oxygen atoms in total. The summed E-state index contributed by atoms with van der Waals surface area (Å²) in [6.07, 6.45) is 0. The average molecular weight is 371 g/mol. The maximum absolute atomic E-state index is 12.1. The first-order valence-corrected chi connectivity index (χ1v) is 7.58. The minimum Gasteiger partial charge on any atom is -0.296 e. The fraction of sp³-hybridized carbons (Fsp3) is 0.250. The Balaban J connectivity index is 2.20. The van der Waals surface area contributed by atoms with Crippen molar-refractivity contribution in [2.75, 3.05) is 5.32 Å². The van der Waals surface area contributed by atoms with E-state index in [9.17, 15) is 14.9 Å². The van der Waals surface area contributed by atoms with E-state index in [-0.39, 0.29) is 17.2 Å². The second-order valence-electron chi connectivity index (χ2n) is 4.48. The first-order valence-electron chi connectivity index (χ1n) is 5.97. The van der Waals surface area contributed by atoms with Crippen LogP contribution in [0.25, 0.3) is 0 Å². The van der Waals surface area contributed by atoms with Crippen LogP contribution in [0.4, 0.5) is 10.8 Å².